The molecule has 1 saturated heterocycles. The first kappa shape index (κ1) is 14.2. The van der Waals surface area contributed by atoms with Gasteiger partial charge in [-0.2, -0.15) is 0 Å². The van der Waals surface area contributed by atoms with Crippen LogP contribution in [-0.4, -0.2) is 13.1 Å². The van der Waals surface area contributed by atoms with Crippen molar-refractivity contribution in [3.8, 4) is 5.75 Å². The lowest BCUT2D eigenvalue weighted by atomic mass is 9.89. The second-order valence-corrected chi connectivity index (χ2v) is 5.99. The maximum Gasteiger partial charge on any atom is 0.165 e. The standard InChI is InChI=1S/C20H18FNO/c21-18-7-3-4-8-19(18)23-20(17-12-22-13-17)16-10-9-14-5-1-2-6-15(14)11-16/h1-11,17,20,22H,12-13H2. The normalized spacial score (nSPS) is 16.0. The highest BCUT2D eigenvalue weighted by Gasteiger charge is 2.30. The van der Waals surface area contributed by atoms with Gasteiger partial charge in [-0.05, 0) is 34.5 Å². The molecule has 1 heterocycles. The molecule has 0 aliphatic carbocycles. The van der Waals surface area contributed by atoms with E-state index in [0.29, 0.717) is 11.7 Å². The quantitative estimate of drug-likeness (QED) is 0.775. The maximum atomic E-state index is 14.0. The monoisotopic (exact) mass is 307 g/mol. The van der Waals surface area contributed by atoms with Gasteiger partial charge in [0.25, 0.3) is 0 Å². The predicted octanol–water partition coefficient (Wildman–Crippen LogP) is 4.32. The van der Waals surface area contributed by atoms with Gasteiger partial charge in [0, 0.05) is 19.0 Å². The second kappa shape index (κ2) is 6.01. The van der Waals surface area contributed by atoms with E-state index >= 15 is 0 Å². The first-order valence-electron chi connectivity index (χ1n) is 7.92. The van der Waals surface area contributed by atoms with Crippen molar-refractivity contribution < 1.29 is 9.13 Å². The van der Waals surface area contributed by atoms with Crippen LogP contribution in [-0.2, 0) is 0 Å². The molecule has 0 radical (unpaired) electrons. The molecule has 0 bridgehead atoms. The average Bonchev–Trinajstić information content (AvgIpc) is 2.54. The smallest absolute Gasteiger partial charge is 0.165 e. The molecule has 1 aliphatic heterocycles. The molecule has 1 unspecified atom stereocenters. The predicted molar refractivity (Wildman–Crippen MR) is 90.1 cm³/mol. The number of halogens is 1. The van der Waals surface area contributed by atoms with Gasteiger partial charge >= 0.3 is 0 Å². The Hall–Kier alpha value is -2.39. The molecular weight excluding hydrogens is 289 g/mol. The summed E-state index contributed by atoms with van der Waals surface area (Å²) in [4.78, 5) is 0. The SMILES string of the molecule is Fc1ccccc1OC(c1ccc2ccccc2c1)C1CNC1. The highest BCUT2D eigenvalue weighted by Crippen LogP contribution is 2.33. The Balaban J connectivity index is 1.71. The topological polar surface area (TPSA) is 21.3 Å². The van der Waals surface area contributed by atoms with Crippen LogP contribution in [0.2, 0.25) is 0 Å². The number of rotatable bonds is 4. The van der Waals surface area contributed by atoms with Crippen LogP contribution in [0.4, 0.5) is 4.39 Å². The molecular formula is C20H18FNO. The first-order chi connectivity index (χ1) is 11.3. The van der Waals surface area contributed by atoms with Crippen molar-refractivity contribution in [2.45, 2.75) is 6.10 Å². The molecule has 1 aliphatic rings. The van der Waals surface area contributed by atoms with Crippen molar-refractivity contribution >= 4 is 10.8 Å². The summed E-state index contributed by atoms with van der Waals surface area (Å²) < 4.78 is 20.0. The zero-order valence-corrected chi connectivity index (χ0v) is 12.7. The summed E-state index contributed by atoms with van der Waals surface area (Å²) in [6.45, 7) is 1.79. The number of hydrogen-bond acceptors (Lipinski definition) is 2. The molecule has 0 aromatic heterocycles. The van der Waals surface area contributed by atoms with Gasteiger partial charge in [-0.3, -0.25) is 0 Å². The van der Waals surface area contributed by atoms with Crippen LogP contribution in [0.15, 0.2) is 66.7 Å². The number of fused-ring (bicyclic) bond motifs is 1. The number of ether oxygens (including phenoxy) is 1. The molecule has 116 valence electrons. The summed E-state index contributed by atoms with van der Waals surface area (Å²) in [5.74, 6) is 0.360. The lowest BCUT2D eigenvalue weighted by Crippen LogP contribution is -2.46. The van der Waals surface area contributed by atoms with Gasteiger partial charge in [-0.25, -0.2) is 4.39 Å². The Morgan fingerprint density at radius 3 is 2.39 bits per heavy atom. The lowest BCUT2D eigenvalue weighted by molar-refractivity contribution is 0.0951. The molecule has 4 rings (SSSR count). The van der Waals surface area contributed by atoms with Crippen LogP contribution >= 0.6 is 0 Å². The molecule has 23 heavy (non-hydrogen) atoms. The third-order valence-corrected chi connectivity index (χ3v) is 4.43. The largest absolute Gasteiger partial charge is 0.482 e. The minimum absolute atomic E-state index is 0.141. The van der Waals surface area contributed by atoms with E-state index in [-0.39, 0.29) is 11.9 Å². The Morgan fingerprint density at radius 1 is 0.913 bits per heavy atom. The van der Waals surface area contributed by atoms with Gasteiger partial charge in [0.15, 0.2) is 11.6 Å². The second-order valence-electron chi connectivity index (χ2n) is 5.99. The zero-order valence-electron chi connectivity index (χ0n) is 12.7. The Morgan fingerprint density at radius 2 is 1.65 bits per heavy atom. The van der Waals surface area contributed by atoms with E-state index in [9.17, 15) is 4.39 Å². The van der Waals surface area contributed by atoms with Gasteiger partial charge < -0.3 is 10.1 Å². The molecule has 3 heteroatoms. The average molecular weight is 307 g/mol. The fourth-order valence-corrected chi connectivity index (χ4v) is 3.02. The molecule has 0 spiro atoms. The highest BCUT2D eigenvalue weighted by molar-refractivity contribution is 5.83. The number of nitrogens with one attached hydrogen (secondary N) is 1. The summed E-state index contributed by atoms with van der Waals surface area (Å²) in [5, 5.41) is 5.66. The summed E-state index contributed by atoms with van der Waals surface area (Å²) >= 11 is 0. The van der Waals surface area contributed by atoms with Crippen LogP contribution in [0.1, 0.15) is 11.7 Å². The highest BCUT2D eigenvalue weighted by atomic mass is 19.1. The van der Waals surface area contributed by atoms with E-state index in [1.54, 1.807) is 18.2 Å². The van der Waals surface area contributed by atoms with Gasteiger partial charge in [0.2, 0.25) is 0 Å². The van der Waals surface area contributed by atoms with E-state index in [0.717, 1.165) is 18.7 Å². The molecule has 1 N–H and O–H groups in total. The van der Waals surface area contributed by atoms with Crippen molar-refractivity contribution in [1.82, 2.24) is 5.32 Å². The molecule has 3 aromatic rings. The van der Waals surface area contributed by atoms with E-state index in [1.165, 1.54) is 16.8 Å². The van der Waals surface area contributed by atoms with Crippen molar-refractivity contribution in [3.63, 3.8) is 0 Å². The van der Waals surface area contributed by atoms with Crippen molar-refractivity contribution in [1.29, 1.82) is 0 Å². The van der Waals surface area contributed by atoms with Crippen LogP contribution in [0.3, 0.4) is 0 Å². The van der Waals surface area contributed by atoms with E-state index in [2.05, 4.69) is 35.6 Å². The van der Waals surface area contributed by atoms with Crippen LogP contribution in [0.25, 0.3) is 10.8 Å². The zero-order chi connectivity index (χ0) is 15.6. The number of para-hydroxylation sites is 1. The number of hydrogen-bond donors (Lipinski definition) is 1. The van der Waals surface area contributed by atoms with Crippen molar-refractivity contribution in [2.75, 3.05) is 13.1 Å². The van der Waals surface area contributed by atoms with Crippen molar-refractivity contribution in [2.24, 2.45) is 5.92 Å². The van der Waals surface area contributed by atoms with Crippen molar-refractivity contribution in [3.05, 3.63) is 78.1 Å². The molecule has 1 fully saturated rings. The molecule has 0 amide bonds. The van der Waals surface area contributed by atoms with Crippen LogP contribution in [0, 0.1) is 11.7 Å². The minimum Gasteiger partial charge on any atom is -0.482 e. The summed E-state index contributed by atoms with van der Waals surface area (Å²) in [6.07, 6.45) is -0.141. The molecule has 3 aromatic carbocycles. The summed E-state index contributed by atoms with van der Waals surface area (Å²) in [5.41, 5.74) is 1.10. The Labute approximate surface area is 134 Å². The first-order valence-corrected chi connectivity index (χ1v) is 7.92. The summed E-state index contributed by atoms with van der Waals surface area (Å²) in [7, 11) is 0. The minimum atomic E-state index is -0.314. The van der Waals surface area contributed by atoms with E-state index in [1.807, 2.05) is 12.1 Å². The molecule has 1 atom stereocenters. The summed E-state index contributed by atoms with van der Waals surface area (Å²) in [6, 6.07) is 21.2. The molecule has 0 saturated carbocycles. The lowest BCUT2D eigenvalue weighted by Gasteiger charge is -2.35. The molecule has 2 nitrogen and oxygen atoms in total. The van der Waals surface area contributed by atoms with Gasteiger partial charge in [-0.1, -0.05) is 48.5 Å². The fraction of sp³-hybridized carbons (Fsp3) is 0.200. The third kappa shape index (κ3) is 2.80. The van der Waals surface area contributed by atoms with E-state index < -0.39 is 0 Å². The van der Waals surface area contributed by atoms with E-state index in [4.69, 9.17) is 4.74 Å². The van der Waals surface area contributed by atoms with Gasteiger partial charge in [0.1, 0.15) is 6.10 Å². The van der Waals surface area contributed by atoms with Gasteiger partial charge in [0.05, 0.1) is 0 Å². The Bertz CT molecular complexity index is 828. The van der Waals surface area contributed by atoms with Gasteiger partial charge in [-0.15, -0.1) is 0 Å². The Kier molecular flexibility index (Phi) is 3.72. The number of benzene rings is 3. The maximum absolute atomic E-state index is 14.0. The van der Waals surface area contributed by atoms with Crippen LogP contribution in [0.5, 0.6) is 5.75 Å². The fourth-order valence-electron chi connectivity index (χ4n) is 3.02. The van der Waals surface area contributed by atoms with Crippen LogP contribution < -0.4 is 10.1 Å². The third-order valence-electron chi connectivity index (χ3n) is 4.43.